The third-order valence-corrected chi connectivity index (χ3v) is 10.7. The van der Waals surface area contributed by atoms with Crippen LogP contribution in [-0.2, 0) is 19.1 Å². The highest BCUT2D eigenvalue weighted by Crippen LogP contribution is 2.56. The lowest BCUT2D eigenvalue weighted by Crippen LogP contribution is -2.58. The van der Waals surface area contributed by atoms with E-state index in [0.717, 1.165) is 29.7 Å². The highest BCUT2D eigenvalue weighted by Gasteiger charge is 2.73. The highest BCUT2D eigenvalue weighted by molar-refractivity contribution is 7.98. The Bertz CT molecular complexity index is 1370. The van der Waals surface area contributed by atoms with Crippen molar-refractivity contribution in [2.75, 3.05) is 11.6 Å². The molecule has 1 spiro atoms. The summed E-state index contributed by atoms with van der Waals surface area (Å²) in [7, 11) is 0. The second-order valence-corrected chi connectivity index (χ2v) is 13.0. The number of nitrogens with one attached hydrogen (secondary N) is 2. The Morgan fingerprint density at radius 2 is 1.85 bits per heavy atom. The van der Waals surface area contributed by atoms with Gasteiger partial charge >= 0.3 is 0 Å². The molecule has 4 aliphatic rings. The van der Waals surface area contributed by atoms with Crippen molar-refractivity contribution in [3.8, 4) is 0 Å². The Balaban J connectivity index is 1.35. The molecule has 2 aromatic carbocycles. The van der Waals surface area contributed by atoms with E-state index in [1.54, 1.807) is 16.7 Å². The summed E-state index contributed by atoms with van der Waals surface area (Å²) in [6, 6.07) is 16.2. The topological polar surface area (TPSA) is 87.7 Å². The molecular weight excluding hydrogens is 534 g/mol. The number of hydrogen-bond donors (Lipinski definition) is 2. The van der Waals surface area contributed by atoms with E-state index in [1.807, 2.05) is 79.9 Å². The molecule has 3 amide bonds. The van der Waals surface area contributed by atoms with Gasteiger partial charge in [-0.15, -0.1) is 11.8 Å². The van der Waals surface area contributed by atoms with Crippen molar-refractivity contribution in [3.63, 3.8) is 0 Å². The predicted octanol–water partition coefficient (Wildman–Crippen LogP) is 5.20. The molecule has 3 fully saturated rings. The summed E-state index contributed by atoms with van der Waals surface area (Å²) in [4.78, 5) is 45.3. The maximum absolute atomic E-state index is 14.4. The standard InChI is InChI=1S/C33H39N3O4S/c1-19-10-8-15-25(20(19)2)35-31(38)29-33-17-16-26(40-33)27(30(37)34-23-13-9-14-24(18-23)41-4)28(33)32(39)36(29)21(3)22-11-6-5-7-12-22/h5-7,9,11-14,16-21,25-29H,8,10,15H2,1-4H3,(H,34,37)(H,35,38)/t19-,20-,21+,25+,26-,27+,28-,29-,33-/m0/s1. The molecule has 9 atom stereocenters. The minimum absolute atomic E-state index is 0.0380. The molecule has 3 aliphatic heterocycles. The van der Waals surface area contributed by atoms with Crippen molar-refractivity contribution >= 4 is 35.2 Å². The average molecular weight is 574 g/mol. The molecule has 7 nitrogen and oxygen atoms in total. The number of ether oxygens (including phenoxy) is 1. The number of amides is 3. The van der Waals surface area contributed by atoms with E-state index in [1.165, 1.54) is 0 Å². The molecule has 0 aromatic heterocycles. The Morgan fingerprint density at radius 1 is 1.07 bits per heavy atom. The first-order valence-electron chi connectivity index (χ1n) is 14.7. The fourth-order valence-electron chi connectivity index (χ4n) is 7.49. The molecule has 2 aromatic rings. The van der Waals surface area contributed by atoms with Gasteiger partial charge in [-0.3, -0.25) is 14.4 Å². The van der Waals surface area contributed by atoms with Crippen LogP contribution in [0.4, 0.5) is 5.69 Å². The quantitative estimate of drug-likeness (QED) is 0.351. The predicted molar refractivity (Wildman–Crippen MR) is 160 cm³/mol. The van der Waals surface area contributed by atoms with Gasteiger partial charge in [-0.1, -0.05) is 75.2 Å². The molecule has 1 saturated carbocycles. The van der Waals surface area contributed by atoms with Crippen molar-refractivity contribution < 1.29 is 19.1 Å². The molecule has 1 aliphatic carbocycles. The normalized spacial score (nSPS) is 34.4. The minimum atomic E-state index is -1.19. The van der Waals surface area contributed by atoms with Gasteiger partial charge in [-0.05, 0) is 55.2 Å². The Kier molecular flexibility index (Phi) is 7.49. The summed E-state index contributed by atoms with van der Waals surface area (Å²) in [5.74, 6) is -1.34. The first-order chi connectivity index (χ1) is 19.7. The summed E-state index contributed by atoms with van der Waals surface area (Å²) in [6.45, 7) is 6.39. The smallest absolute Gasteiger partial charge is 0.246 e. The van der Waals surface area contributed by atoms with Crippen molar-refractivity contribution in [1.29, 1.82) is 0 Å². The molecule has 3 heterocycles. The van der Waals surface area contributed by atoms with Crippen LogP contribution in [0.2, 0.25) is 0 Å². The molecule has 2 bridgehead atoms. The molecule has 2 N–H and O–H groups in total. The van der Waals surface area contributed by atoms with Crippen LogP contribution in [0.25, 0.3) is 0 Å². The largest absolute Gasteiger partial charge is 0.359 e. The lowest BCUT2D eigenvalue weighted by atomic mass is 9.73. The second kappa shape index (κ2) is 11.0. The maximum atomic E-state index is 14.4. The average Bonchev–Trinajstić information content (AvgIpc) is 3.63. The van der Waals surface area contributed by atoms with Crippen LogP contribution in [-0.4, -0.2) is 52.7 Å². The van der Waals surface area contributed by atoms with E-state index in [0.29, 0.717) is 17.5 Å². The summed E-state index contributed by atoms with van der Waals surface area (Å²) >= 11 is 1.60. The highest BCUT2D eigenvalue weighted by atomic mass is 32.2. The van der Waals surface area contributed by atoms with E-state index in [2.05, 4.69) is 24.5 Å². The Hall–Kier alpha value is -3.10. The van der Waals surface area contributed by atoms with Gasteiger partial charge in [0.15, 0.2) is 0 Å². The number of benzene rings is 2. The van der Waals surface area contributed by atoms with Gasteiger partial charge in [-0.2, -0.15) is 0 Å². The van der Waals surface area contributed by atoms with E-state index < -0.39 is 29.6 Å². The molecule has 8 heteroatoms. The van der Waals surface area contributed by atoms with E-state index >= 15 is 0 Å². The van der Waals surface area contributed by atoms with Gasteiger partial charge in [0.05, 0.1) is 24.0 Å². The summed E-state index contributed by atoms with van der Waals surface area (Å²) in [5, 5.41) is 6.37. The van der Waals surface area contributed by atoms with Crippen molar-refractivity contribution in [3.05, 3.63) is 72.3 Å². The van der Waals surface area contributed by atoms with Gasteiger partial charge in [0.2, 0.25) is 17.7 Å². The number of thioether (sulfide) groups is 1. The zero-order valence-corrected chi connectivity index (χ0v) is 24.9. The Morgan fingerprint density at radius 3 is 2.61 bits per heavy atom. The van der Waals surface area contributed by atoms with E-state index in [-0.39, 0.29) is 29.8 Å². The van der Waals surface area contributed by atoms with Gasteiger partial charge in [0, 0.05) is 16.6 Å². The number of fused-ring (bicyclic) bond motifs is 1. The summed E-state index contributed by atoms with van der Waals surface area (Å²) in [6.07, 6.45) is 8.31. The number of carbonyl (C=O) groups is 3. The number of hydrogen-bond acceptors (Lipinski definition) is 5. The maximum Gasteiger partial charge on any atom is 0.246 e. The van der Waals surface area contributed by atoms with Crippen molar-refractivity contribution in [2.24, 2.45) is 23.7 Å². The molecule has 41 heavy (non-hydrogen) atoms. The number of rotatable bonds is 7. The fourth-order valence-corrected chi connectivity index (χ4v) is 7.95. The van der Waals surface area contributed by atoms with Crippen LogP contribution >= 0.6 is 11.8 Å². The SMILES string of the molecule is CSc1cccc(NC(=O)[C@@H]2[C@@H]3C=C[C@]4(O3)[C@@H]2C(=O)N([C@H](C)c2ccccc2)[C@H]4C(=O)N[C@@H]2CCC[C@H](C)[C@@H]2C)c1. The van der Waals surface area contributed by atoms with Crippen LogP contribution in [0.3, 0.4) is 0 Å². The number of carbonyl (C=O) groups excluding carboxylic acids is 3. The second-order valence-electron chi connectivity index (χ2n) is 12.1. The first kappa shape index (κ1) is 28.0. The number of likely N-dealkylation sites (tertiary alicyclic amines) is 1. The molecule has 2 saturated heterocycles. The van der Waals surface area contributed by atoms with Gasteiger partial charge in [-0.25, -0.2) is 0 Å². The van der Waals surface area contributed by atoms with Gasteiger partial charge in [0.1, 0.15) is 11.6 Å². The number of nitrogens with zero attached hydrogens (tertiary/aromatic N) is 1. The molecular formula is C33H39N3O4S. The first-order valence-corrected chi connectivity index (χ1v) is 16.0. The van der Waals surface area contributed by atoms with Crippen LogP contribution in [0.1, 0.15) is 51.6 Å². The van der Waals surface area contributed by atoms with E-state index in [4.69, 9.17) is 4.74 Å². The van der Waals surface area contributed by atoms with Crippen LogP contribution in [0.15, 0.2) is 71.6 Å². The lowest BCUT2D eigenvalue weighted by molar-refractivity contribution is -0.144. The zero-order valence-electron chi connectivity index (χ0n) is 24.1. The lowest BCUT2D eigenvalue weighted by Gasteiger charge is -2.39. The Labute approximate surface area is 246 Å². The van der Waals surface area contributed by atoms with Crippen LogP contribution in [0.5, 0.6) is 0 Å². The minimum Gasteiger partial charge on any atom is -0.359 e. The third kappa shape index (κ3) is 4.69. The zero-order chi connectivity index (χ0) is 28.9. The van der Waals surface area contributed by atoms with Crippen LogP contribution < -0.4 is 10.6 Å². The van der Waals surface area contributed by atoms with Gasteiger partial charge in [0.25, 0.3) is 0 Å². The molecule has 0 unspecified atom stereocenters. The monoisotopic (exact) mass is 573 g/mol. The summed E-state index contributed by atoms with van der Waals surface area (Å²) < 4.78 is 6.56. The molecule has 6 rings (SSSR count). The van der Waals surface area contributed by atoms with Crippen molar-refractivity contribution in [2.45, 2.75) is 74.8 Å². The molecule has 0 radical (unpaired) electrons. The number of anilines is 1. The van der Waals surface area contributed by atoms with Crippen molar-refractivity contribution in [1.82, 2.24) is 10.2 Å². The van der Waals surface area contributed by atoms with Gasteiger partial charge < -0.3 is 20.3 Å². The third-order valence-electron chi connectivity index (χ3n) is 9.93. The summed E-state index contributed by atoms with van der Waals surface area (Å²) in [5.41, 5.74) is 0.419. The van der Waals surface area contributed by atoms with Crippen LogP contribution in [0, 0.1) is 23.7 Å². The van der Waals surface area contributed by atoms with E-state index in [9.17, 15) is 14.4 Å². The fraction of sp³-hybridized carbons (Fsp3) is 0.485. The molecule has 216 valence electrons.